The zero-order valence-corrected chi connectivity index (χ0v) is 18.2. The van der Waals surface area contributed by atoms with E-state index in [1.165, 1.54) is 0 Å². The summed E-state index contributed by atoms with van der Waals surface area (Å²) in [5, 5.41) is 3.03. The van der Waals surface area contributed by atoms with Crippen molar-refractivity contribution < 1.29 is 19.1 Å². The quantitative estimate of drug-likeness (QED) is 0.820. The third-order valence-corrected chi connectivity index (χ3v) is 4.84. The van der Waals surface area contributed by atoms with E-state index in [-0.39, 0.29) is 23.3 Å². The van der Waals surface area contributed by atoms with Crippen molar-refractivity contribution in [3.8, 4) is 5.75 Å². The maximum atomic E-state index is 12.8. The molecule has 156 valence electrons. The summed E-state index contributed by atoms with van der Waals surface area (Å²) in [6.07, 6.45) is 0.921. The molecule has 1 saturated heterocycles. The highest BCUT2D eigenvalue weighted by molar-refractivity contribution is 5.94. The molecule has 0 spiro atoms. The summed E-state index contributed by atoms with van der Waals surface area (Å²) in [5.41, 5.74) is 1.28. The molecule has 0 unspecified atom stereocenters. The van der Waals surface area contributed by atoms with Gasteiger partial charge in [-0.05, 0) is 56.7 Å². The Labute approximate surface area is 168 Å². The van der Waals surface area contributed by atoms with Gasteiger partial charge in [-0.15, -0.1) is 0 Å². The Kier molecular flexibility index (Phi) is 6.63. The summed E-state index contributed by atoms with van der Waals surface area (Å²) in [6.45, 7) is 13.0. The van der Waals surface area contributed by atoms with Crippen LogP contribution < -0.4 is 10.1 Å². The van der Waals surface area contributed by atoms with E-state index in [2.05, 4.69) is 26.1 Å². The summed E-state index contributed by atoms with van der Waals surface area (Å²) in [5.74, 6) is 0.474. The second kappa shape index (κ2) is 8.41. The van der Waals surface area contributed by atoms with Crippen molar-refractivity contribution in [1.82, 2.24) is 4.90 Å². The Morgan fingerprint density at radius 1 is 1.07 bits per heavy atom. The number of nitrogens with one attached hydrogen (secondary N) is 1. The number of piperidine rings is 1. The molecule has 1 aromatic rings. The SMILES string of the molecule is COc1ccc(C(C)(C)C)cc1NC(=O)C1CCN(C(=O)OC(C)(C)C)CC1. The number of hydrogen-bond donors (Lipinski definition) is 1. The molecular formula is C22H34N2O4. The van der Waals surface area contributed by atoms with Crippen LogP contribution in [-0.4, -0.2) is 42.7 Å². The smallest absolute Gasteiger partial charge is 0.410 e. The predicted molar refractivity (Wildman–Crippen MR) is 111 cm³/mol. The van der Waals surface area contributed by atoms with Gasteiger partial charge in [-0.25, -0.2) is 4.79 Å². The fourth-order valence-corrected chi connectivity index (χ4v) is 3.16. The number of hydrogen-bond acceptors (Lipinski definition) is 4. The van der Waals surface area contributed by atoms with Crippen molar-refractivity contribution in [3.05, 3.63) is 23.8 Å². The maximum absolute atomic E-state index is 12.8. The van der Waals surface area contributed by atoms with Crippen molar-refractivity contribution >= 4 is 17.7 Å². The molecule has 0 bridgehead atoms. The first-order chi connectivity index (χ1) is 12.9. The van der Waals surface area contributed by atoms with Gasteiger partial charge in [-0.3, -0.25) is 4.79 Å². The minimum Gasteiger partial charge on any atom is -0.495 e. The van der Waals surface area contributed by atoms with E-state index in [1.54, 1.807) is 12.0 Å². The van der Waals surface area contributed by atoms with Crippen LogP contribution in [0, 0.1) is 5.92 Å². The first-order valence-electron chi connectivity index (χ1n) is 9.88. The van der Waals surface area contributed by atoms with Crippen LogP contribution in [0.5, 0.6) is 5.75 Å². The first-order valence-corrected chi connectivity index (χ1v) is 9.88. The molecule has 1 heterocycles. The van der Waals surface area contributed by atoms with E-state index in [0.717, 1.165) is 5.56 Å². The highest BCUT2D eigenvalue weighted by Crippen LogP contribution is 2.32. The Morgan fingerprint density at radius 3 is 2.18 bits per heavy atom. The molecule has 1 aromatic carbocycles. The number of carbonyl (C=O) groups excluding carboxylic acids is 2. The minimum atomic E-state index is -0.514. The van der Waals surface area contributed by atoms with Gasteiger partial charge in [0.05, 0.1) is 12.8 Å². The summed E-state index contributed by atoms with van der Waals surface area (Å²) in [7, 11) is 1.60. The number of likely N-dealkylation sites (tertiary alicyclic amines) is 1. The fourth-order valence-electron chi connectivity index (χ4n) is 3.16. The molecule has 1 N–H and O–H groups in total. The number of nitrogens with zero attached hydrogens (tertiary/aromatic N) is 1. The largest absolute Gasteiger partial charge is 0.495 e. The summed E-state index contributed by atoms with van der Waals surface area (Å²) in [4.78, 5) is 26.7. The standard InChI is InChI=1S/C22H34N2O4/c1-21(2,3)16-8-9-18(27-7)17(14-16)23-19(25)15-10-12-24(13-11-15)20(26)28-22(4,5)6/h8-9,14-15H,10-13H2,1-7H3,(H,23,25). The lowest BCUT2D eigenvalue weighted by Gasteiger charge is -2.33. The summed E-state index contributed by atoms with van der Waals surface area (Å²) >= 11 is 0. The van der Waals surface area contributed by atoms with Gasteiger partial charge in [0, 0.05) is 19.0 Å². The zero-order chi connectivity index (χ0) is 21.1. The van der Waals surface area contributed by atoms with E-state index in [0.29, 0.717) is 37.4 Å². The van der Waals surface area contributed by atoms with Gasteiger partial charge in [0.2, 0.25) is 5.91 Å². The number of rotatable bonds is 3. The maximum Gasteiger partial charge on any atom is 0.410 e. The van der Waals surface area contributed by atoms with Gasteiger partial charge < -0.3 is 19.7 Å². The highest BCUT2D eigenvalue weighted by Gasteiger charge is 2.30. The van der Waals surface area contributed by atoms with Crippen LogP contribution in [0.3, 0.4) is 0 Å². The van der Waals surface area contributed by atoms with Gasteiger partial charge in [0.15, 0.2) is 0 Å². The summed E-state index contributed by atoms with van der Waals surface area (Å²) in [6, 6.07) is 5.89. The van der Waals surface area contributed by atoms with Crippen LogP contribution >= 0.6 is 0 Å². The first kappa shape index (κ1) is 22.1. The van der Waals surface area contributed by atoms with E-state index < -0.39 is 5.60 Å². The molecule has 28 heavy (non-hydrogen) atoms. The van der Waals surface area contributed by atoms with Crippen LogP contribution in [0.15, 0.2) is 18.2 Å². The second-order valence-electron chi connectivity index (χ2n) is 9.40. The zero-order valence-electron chi connectivity index (χ0n) is 18.2. The highest BCUT2D eigenvalue weighted by atomic mass is 16.6. The van der Waals surface area contributed by atoms with E-state index in [9.17, 15) is 9.59 Å². The average Bonchev–Trinajstić information content (AvgIpc) is 2.59. The van der Waals surface area contributed by atoms with Gasteiger partial charge in [0.1, 0.15) is 11.4 Å². The molecular weight excluding hydrogens is 356 g/mol. The van der Waals surface area contributed by atoms with Crippen LogP contribution in [-0.2, 0) is 14.9 Å². The third-order valence-electron chi connectivity index (χ3n) is 4.84. The number of methoxy groups -OCH3 is 1. The second-order valence-corrected chi connectivity index (χ2v) is 9.40. The van der Waals surface area contributed by atoms with Crippen molar-refractivity contribution in [3.63, 3.8) is 0 Å². The lowest BCUT2D eigenvalue weighted by atomic mass is 9.86. The molecule has 0 saturated carbocycles. The van der Waals surface area contributed by atoms with Crippen LogP contribution in [0.4, 0.5) is 10.5 Å². The van der Waals surface area contributed by atoms with Crippen LogP contribution in [0.1, 0.15) is 59.9 Å². The molecule has 0 aromatic heterocycles. The average molecular weight is 391 g/mol. The Balaban J connectivity index is 2.00. The Bertz CT molecular complexity index is 708. The van der Waals surface area contributed by atoms with Crippen LogP contribution in [0.2, 0.25) is 0 Å². The number of anilines is 1. The lowest BCUT2D eigenvalue weighted by molar-refractivity contribution is -0.121. The third kappa shape index (κ3) is 5.88. The Hall–Kier alpha value is -2.24. The van der Waals surface area contributed by atoms with Crippen molar-refractivity contribution in [2.75, 3.05) is 25.5 Å². The molecule has 2 amide bonds. The Morgan fingerprint density at radius 2 is 1.68 bits per heavy atom. The topological polar surface area (TPSA) is 67.9 Å². The van der Waals surface area contributed by atoms with E-state index >= 15 is 0 Å². The van der Waals surface area contributed by atoms with Crippen molar-refractivity contribution in [2.45, 2.75) is 65.4 Å². The fraction of sp³-hybridized carbons (Fsp3) is 0.636. The number of ether oxygens (including phenoxy) is 2. The van der Waals surface area contributed by atoms with Gasteiger partial charge in [-0.2, -0.15) is 0 Å². The van der Waals surface area contributed by atoms with E-state index in [1.807, 2.05) is 39.0 Å². The van der Waals surface area contributed by atoms with Crippen molar-refractivity contribution in [2.24, 2.45) is 5.92 Å². The minimum absolute atomic E-state index is 0.0233. The van der Waals surface area contributed by atoms with Gasteiger partial charge >= 0.3 is 6.09 Å². The van der Waals surface area contributed by atoms with Crippen molar-refractivity contribution in [1.29, 1.82) is 0 Å². The number of benzene rings is 1. The molecule has 6 nitrogen and oxygen atoms in total. The molecule has 0 aliphatic carbocycles. The summed E-state index contributed by atoms with van der Waals surface area (Å²) < 4.78 is 10.8. The van der Waals surface area contributed by atoms with Gasteiger partial charge in [0.25, 0.3) is 0 Å². The lowest BCUT2D eigenvalue weighted by Crippen LogP contribution is -2.43. The molecule has 1 aliphatic heterocycles. The van der Waals surface area contributed by atoms with Crippen LogP contribution in [0.25, 0.3) is 0 Å². The van der Waals surface area contributed by atoms with Gasteiger partial charge in [-0.1, -0.05) is 26.8 Å². The molecule has 0 radical (unpaired) electrons. The molecule has 6 heteroatoms. The molecule has 0 atom stereocenters. The molecule has 2 rings (SSSR count). The number of carbonyl (C=O) groups is 2. The monoisotopic (exact) mass is 390 g/mol. The normalized spacial score (nSPS) is 15.9. The molecule has 1 fully saturated rings. The molecule has 1 aliphatic rings. The van der Waals surface area contributed by atoms with E-state index in [4.69, 9.17) is 9.47 Å². The predicted octanol–water partition coefficient (Wildman–Crippen LogP) is 4.58. The number of amides is 2.